The molecule has 0 bridgehead atoms. The van der Waals surface area contributed by atoms with E-state index in [2.05, 4.69) is 9.69 Å². The third-order valence-corrected chi connectivity index (χ3v) is 3.61. The van der Waals surface area contributed by atoms with Gasteiger partial charge in [-0.05, 0) is 17.5 Å². The molecule has 0 radical (unpaired) electrons. The van der Waals surface area contributed by atoms with E-state index in [9.17, 15) is 0 Å². The van der Waals surface area contributed by atoms with Crippen LogP contribution in [0.15, 0.2) is 24.3 Å². The summed E-state index contributed by atoms with van der Waals surface area (Å²) < 4.78 is 0. The SMILES string of the molecule is [C-]#[N+]C(C#N)C1CC(C(C#N)[N+]#[C-])c2ccccc21. The first-order valence-electron chi connectivity index (χ1n) is 5.88. The van der Waals surface area contributed by atoms with Crippen molar-refractivity contribution in [1.82, 2.24) is 0 Å². The Hall–Kier alpha value is -2.82. The zero-order valence-electron chi connectivity index (χ0n) is 10.1. The first kappa shape index (κ1) is 12.6. The molecule has 0 saturated carbocycles. The Bertz CT molecular complexity index is 565. The van der Waals surface area contributed by atoms with Gasteiger partial charge in [-0.2, -0.15) is 10.5 Å². The summed E-state index contributed by atoms with van der Waals surface area (Å²) in [6, 6.07) is 10.1. The highest BCUT2D eigenvalue weighted by Crippen LogP contribution is 2.46. The summed E-state index contributed by atoms with van der Waals surface area (Å²) in [5.41, 5.74) is 1.89. The highest BCUT2D eigenvalue weighted by molar-refractivity contribution is 5.44. The zero-order valence-corrected chi connectivity index (χ0v) is 10.1. The molecule has 4 nitrogen and oxygen atoms in total. The lowest BCUT2D eigenvalue weighted by Gasteiger charge is -2.08. The van der Waals surface area contributed by atoms with Gasteiger partial charge in [0.25, 0.3) is 0 Å². The molecule has 1 aromatic carbocycles. The first-order chi connectivity index (χ1) is 9.26. The molecule has 0 aromatic heterocycles. The van der Waals surface area contributed by atoms with E-state index in [0.29, 0.717) is 6.42 Å². The minimum Gasteiger partial charge on any atom is -0.297 e. The zero-order chi connectivity index (χ0) is 13.8. The van der Waals surface area contributed by atoms with Gasteiger partial charge in [0, 0.05) is 0 Å². The van der Waals surface area contributed by atoms with Crippen LogP contribution in [0, 0.1) is 35.8 Å². The highest BCUT2D eigenvalue weighted by atomic mass is 14.8. The van der Waals surface area contributed by atoms with Crippen LogP contribution in [-0.4, -0.2) is 12.1 Å². The van der Waals surface area contributed by atoms with Crippen LogP contribution in [0.2, 0.25) is 0 Å². The van der Waals surface area contributed by atoms with Gasteiger partial charge in [-0.3, -0.25) is 9.69 Å². The Morgan fingerprint density at radius 1 is 1.00 bits per heavy atom. The summed E-state index contributed by atoms with van der Waals surface area (Å²) in [6.07, 6.45) is 0.528. The van der Waals surface area contributed by atoms with Crippen LogP contribution in [0.1, 0.15) is 29.4 Å². The van der Waals surface area contributed by atoms with Crippen molar-refractivity contribution >= 4 is 0 Å². The number of rotatable bonds is 2. The van der Waals surface area contributed by atoms with Gasteiger partial charge in [-0.1, -0.05) is 24.3 Å². The van der Waals surface area contributed by atoms with Gasteiger partial charge in [0.05, 0.1) is 11.8 Å². The average molecular weight is 246 g/mol. The third kappa shape index (κ3) is 2.01. The quantitative estimate of drug-likeness (QED) is 0.753. The second kappa shape index (κ2) is 5.22. The molecule has 1 aromatic rings. The molecule has 4 atom stereocenters. The van der Waals surface area contributed by atoms with Crippen molar-refractivity contribution < 1.29 is 0 Å². The van der Waals surface area contributed by atoms with Crippen molar-refractivity contribution in [3.05, 3.63) is 58.2 Å². The summed E-state index contributed by atoms with van der Waals surface area (Å²) in [4.78, 5) is 6.72. The molecule has 0 amide bonds. The van der Waals surface area contributed by atoms with Crippen LogP contribution in [0.5, 0.6) is 0 Å². The Kier molecular flexibility index (Phi) is 3.47. The third-order valence-electron chi connectivity index (χ3n) is 3.61. The van der Waals surface area contributed by atoms with Crippen LogP contribution in [0.4, 0.5) is 0 Å². The number of fused-ring (bicyclic) bond motifs is 1. The average Bonchev–Trinajstić information content (AvgIpc) is 2.82. The Labute approximate surface area is 112 Å². The molecule has 2 rings (SSSR count). The second-order valence-electron chi connectivity index (χ2n) is 4.48. The van der Waals surface area contributed by atoms with Gasteiger partial charge < -0.3 is 0 Å². The predicted octanol–water partition coefficient (Wildman–Crippen LogP) is 2.88. The molecule has 0 saturated heterocycles. The van der Waals surface area contributed by atoms with Crippen molar-refractivity contribution in [2.24, 2.45) is 0 Å². The maximum atomic E-state index is 9.06. The molecule has 0 aliphatic heterocycles. The lowest BCUT2D eigenvalue weighted by atomic mass is 9.92. The standard InChI is InChI=1S/C15H10N4/c1-18-14(8-16)12-7-13(15(9-17)19-2)11-6-4-3-5-10(11)12/h3-6,12-15H,7H2. The van der Waals surface area contributed by atoms with Crippen LogP contribution >= 0.6 is 0 Å². The molecule has 1 aliphatic rings. The maximum absolute atomic E-state index is 9.06. The molecule has 90 valence electrons. The van der Waals surface area contributed by atoms with E-state index in [1.165, 1.54) is 0 Å². The second-order valence-corrected chi connectivity index (χ2v) is 4.48. The normalized spacial score (nSPS) is 22.9. The molecule has 0 heterocycles. The van der Waals surface area contributed by atoms with Crippen molar-refractivity contribution in [2.75, 3.05) is 0 Å². The lowest BCUT2D eigenvalue weighted by molar-refractivity contribution is 0.573. The summed E-state index contributed by atoms with van der Waals surface area (Å²) in [5.74, 6) is -0.386. The van der Waals surface area contributed by atoms with E-state index in [0.717, 1.165) is 11.1 Å². The Balaban J connectivity index is 2.47. The fourth-order valence-corrected chi connectivity index (χ4v) is 2.73. The molecule has 1 aliphatic carbocycles. The smallest absolute Gasteiger partial charge is 0.297 e. The van der Waals surface area contributed by atoms with Gasteiger partial charge in [-0.25, -0.2) is 13.1 Å². The maximum Gasteiger partial charge on any atom is 0.313 e. The predicted molar refractivity (Wildman–Crippen MR) is 68.5 cm³/mol. The van der Waals surface area contributed by atoms with Crippen molar-refractivity contribution in [3.8, 4) is 12.1 Å². The summed E-state index contributed by atoms with van der Waals surface area (Å²) in [5, 5.41) is 18.1. The Morgan fingerprint density at radius 2 is 1.42 bits per heavy atom. The van der Waals surface area contributed by atoms with Crippen LogP contribution in [-0.2, 0) is 0 Å². The van der Waals surface area contributed by atoms with Crippen LogP contribution in [0.3, 0.4) is 0 Å². The van der Waals surface area contributed by atoms with E-state index >= 15 is 0 Å². The number of nitriles is 2. The van der Waals surface area contributed by atoms with Crippen LogP contribution < -0.4 is 0 Å². The summed E-state index contributed by atoms with van der Waals surface area (Å²) >= 11 is 0. The first-order valence-corrected chi connectivity index (χ1v) is 5.88. The topological polar surface area (TPSA) is 56.3 Å². The van der Waals surface area contributed by atoms with E-state index in [-0.39, 0.29) is 11.8 Å². The number of benzene rings is 1. The number of hydrogen-bond donors (Lipinski definition) is 0. The molecule has 4 heteroatoms. The van der Waals surface area contributed by atoms with E-state index in [1.54, 1.807) is 0 Å². The molecular formula is C15H10N4. The lowest BCUT2D eigenvalue weighted by Crippen LogP contribution is -2.13. The van der Waals surface area contributed by atoms with Gasteiger partial charge in [0.15, 0.2) is 12.1 Å². The number of hydrogen-bond acceptors (Lipinski definition) is 2. The molecule has 0 N–H and O–H groups in total. The molecule has 19 heavy (non-hydrogen) atoms. The van der Waals surface area contributed by atoms with Gasteiger partial charge in [-0.15, -0.1) is 0 Å². The largest absolute Gasteiger partial charge is 0.313 e. The summed E-state index contributed by atoms with van der Waals surface area (Å²) in [7, 11) is 0. The molecular weight excluding hydrogens is 236 g/mol. The van der Waals surface area contributed by atoms with E-state index in [4.69, 9.17) is 23.7 Å². The van der Waals surface area contributed by atoms with Gasteiger partial charge in [0.2, 0.25) is 0 Å². The van der Waals surface area contributed by atoms with Gasteiger partial charge in [0.1, 0.15) is 0 Å². The minimum absolute atomic E-state index is 0.193. The van der Waals surface area contributed by atoms with Crippen molar-refractivity contribution in [2.45, 2.75) is 30.3 Å². The Morgan fingerprint density at radius 3 is 1.74 bits per heavy atom. The fraction of sp³-hybridized carbons (Fsp3) is 0.333. The van der Waals surface area contributed by atoms with E-state index in [1.807, 2.05) is 36.4 Å². The fourth-order valence-electron chi connectivity index (χ4n) is 2.73. The molecule has 0 fully saturated rings. The number of nitrogens with zero attached hydrogens (tertiary/aromatic N) is 4. The van der Waals surface area contributed by atoms with Crippen LogP contribution in [0.25, 0.3) is 9.69 Å². The monoisotopic (exact) mass is 246 g/mol. The van der Waals surface area contributed by atoms with Crippen molar-refractivity contribution in [3.63, 3.8) is 0 Å². The highest BCUT2D eigenvalue weighted by Gasteiger charge is 2.44. The molecule has 4 unspecified atom stereocenters. The summed E-state index contributed by atoms with van der Waals surface area (Å²) in [6.45, 7) is 14.2. The molecule has 0 spiro atoms. The van der Waals surface area contributed by atoms with Crippen molar-refractivity contribution in [1.29, 1.82) is 10.5 Å². The van der Waals surface area contributed by atoms with E-state index < -0.39 is 12.1 Å². The minimum atomic E-state index is -0.740. The van der Waals surface area contributed by atoms with Gasteiger partial charge >= 0.3 is 12.1 Å².